The maximum Gasteiger partial charge on any atom is 0.255 e. The first-order chi connectivity index (χ1) is 16.1. The van der Waals surface area contributed by atoms with Crippen molar-refractivity contribution in [3.63, 3.8) is 0 Å². The number of amides is 2. The Hall–Kier alpha value is -3.82. The average Bonchev–Trinajstić information content (AvgIpc) is 2.88. The van der Waals surface area contributed by atoms with Gasteiger partial charge in [-0.2, -0.15) is 5.26 Å². The van der Waals surface area contributed by atoms with E-state index in [9.17, 15) is 9.59 Å². The molecule has 0 spiro atoms. The summed E-state index contributed by atoms with van der Waals surface area (Å²) in [6.07, 6.45) is 2.94. The number of nitriles is 1. The number of rotatable bonds is 6. The molecule has 1 aliphatic heterocycles. The van der Waals surface area contributed by atoms with E-state index in [-0.39, 0.29) is 17.6 Å². The molecule has 3 aromatic rings. The SMILES string of the molecule is N#Cc1cccc(NC(=O)CSc2ccccc2C(=O)N2CC=C(c3ccccc3)CC2)c1. The first-order valence-electron chi connectivity index (χ1n) is 10.7. The minimum atomic E-state index is -0.189. The first kappa shape index (κ1) is 22.4. The van der Waals surface area contributed by atoms with E-state index in [2.05, 4.69) is 29.6 Å². The number of nitrogens with one attached hydrogen (secondary N) is 1. The van der Waals surface area contributed by atoms with Crippen molar-refractivity contribution in [2.75, 3.05) is 24.2 Å². The predicted octanol–water partition coefficient (Wildman–Crippen LogP) is 5.22. The minimum absolute atomic E-state index is 0.0245. The number of nitrogens with zero attached hydrogens (tertiary/aromatic N) is 2. The molecule has 5 nitrogen and oxygen atoms in total. The Morgan fingerprint density at radius 1 is 1.00 bits per heavy atom. The second kappa shape index (κ2) is 10.7. The summed E-state index contributed by atoms with van der Waals surface area (Å²) >= 11 is 1.33. The van der Waals surface area contributed by atoms with E-state index in [0.717, 1.165) is 11.3 Å². The number of carbonyl (C=O) groups is 2. The van der Waals surface area contributed by atoms with Crippen LogP contribution < -0.4 is 5.32 Å². The molecule has 0 fully saturated rings. The fraction of sp³-hybridized carbons (Fsp3) is 0.148. The second-order valence-corrected chi connectivity index (χ2v) is 8.64. The van der Waals surface area contributed by atoms with Gasteiger partial charge in [0, 0.05) is 23.7 Å². The van der Waals surface area contributed by atoms with E-state index in [1.807, 2.05) is 47.4 Å². The van der Waals surface area contributed by atoms with E-state index in [1.165, 1.54) is 22.9 Å². The fourth-order valence-electron chi connectivity index (χ4n) is 3.71. The number of benzene rings is 3. The van der Waals surface area contributed by atoms with Gasteiger partial charge < -0.3 is 10.2 Å². The van der Waals surface area contributed by atoms with Crippen molar-refractivity contribution in [2.45, 2.75) is 11.3 Å². The maximum atomic E-state index is 13.2. The molecule has 164 valence electrons. The number of hydrogen-bond donors (Lipinski definition) is 1. The molecule has 0 aromatic heterocycles. The zero-order valence-corrected chi connectivity index (χ0v) is 18.8. The fourth-order valence-corrected chi connectivity index (χ4v) is 4.56. The second-order valence-electron chi connectivity index (χ2n) is 7.62. The number of hydrogen-bond acceptors (Lipinski definition) is 4. The van der Waals surface area contributed by atoms with Crippen LogP contribution in [-0.4, -0.2) is 35.6 Å². The van der Waals surface area contributed by atoms with Crippen LogP contribution in [0.25, 0.3) is 5.57 Å². The molecular formula is C27H23N3O2S. The molecule has 2 amide bonds. The van der Waals surface area contributed by atoms with Gasteiger partial charge in [0.15, 0.2) is 0 Å². The van der Waals surface area contributed by atoms with Crippen molar-refractivity contribution < 1.29 is 9.59 Å². The Bertz CT molecular complexity index is 1230. The highest BCUT2D eigenvalue weighted by atomic mass is 32.2. The molecule has 0 radical (unpaired) electrons. The van der Waals surface area contributed by atoms with Crippen molar-refractivity contribution >= 4 is 34.8 Å². The van der Waals surface area contributed by atoms with E-state index in [1.54, 1.807) is 24.3 Å². The van der Waals surface area contributed by atoms with Gasteiger partial charge in [0.25, 0.3) is 5.91 Å². The Morgan fingerprint density at radius 2 is 1.79 bits per heavy atom. The molecule has 0 bridgehead atoms. The number of carbonyl (C=O) groups excluding carboxylic acids is 2. The summed E-state index contributed by atoms with van der Waals surface area (Å²) in [6.45, 7) is 1.23. The molecule has 0 saturated heterocycles. The molecule has 0 aliphatic carbocycles. The van der Waals surface area contributed by atoms with E-state index in [4.69, 9.17) is 5.26 Å². The third-order valence-electron chi connectivity index (χ3n) is 5.39. The lowest BCUT2D eigenvalue weighted by Crippen LogP contribution is -2.35. The van der Waals surface area contributed by atoms with Crippen molar-refractivity contribution in [2.24, 2.45) is 0 Å². The van der Waals surface area contributed by atoms with Gasteiger partial charge in [-0.3, -0.25) is 9.59 Å². The predicted molar refractivity (Wildman–Crippen MR) is 132 cm³/mol. The van der Waals surface area contributed by atoms with Crippen LogP contribution in [0.5, 0.6) is 0 Å². The van der Waals surface area contributed by atoms with E-state index < -0.39 is 0 Å². The molecule has 3 aromatic carbocycles. The van der Waals surface area contributed by atoms with Gasteiger partial charge in [-0.05, 0) is 47.9 Å². The zero-order valence-electron chi connectivity index (χ0n) is 18.0. The lowest BCUT2D eigenvalue weighted by atomic mass is 9.99. The topological polar surface area (TPSA) is 73.2 Å². The third kappa shape index (κ3) is 5.71. The Kier molecular flexibility index (Phi) is 7.23. The highest BCUT2D eigenvalue weighted by molar-refractivity contribution is 8.00. The lowest BCUT2D eigenvalue weighted by molar-refractivity contribution is -0.113. The van der Waals surface area contributed by atoms with Gasteiger partial charge in [-0.1, -0.05) is 54.6 Å². The summed E-state index contributed by atoms with van der Waals surface area (Å²) in [5.74, 6) is -0.0478. The summed E-state index contributed by atoms with van der Waals surface area (Å²) in [5, 5.41) is 11.8. The van der Waals surface area contributed by atoms with Crippen LogP contribution in [0.15, 0.2) is 89.8 Å². The lowest BCUT2D eigenvalue weighted by Gasteiger charge is -2.27. The summed E-state index contributed by atoms with van der Waals surface area (Å²) < 4.78 is 0. The standard InChI is InChI=1S/C27H23N3O2S/c28-18-20-7-6-10-23(17-20)29-26(31)19-33-25-12-5-4-11-24(25)27(32)30-15-13-22(14-16-30)21-8-2-1-3-9-21/h1-13,17H,14-16,19H2,(H,29,31). The van der Waals surface area contributed by atoms with Crippen molar-refractivity contribution in [3.8, 4) is 6.07 Å². The van der Waals surface area contributed by atoms with Crippen molar-refractivity contribution in [1.29, 1.82) is 5.26 Å². The Labute approximate surface area is 197 Å². The smallest absolute Gasteiger partial charge is 0.255 e. The molecular weight excluding hydrogens is 430 g/mol. The van der Waals surface area contributed by atoms with Crippen LogP contribution in [0.1, 0.15) is 27.9 Å². The third-order valence-corrected chi connectivity index (χ3v) is 6.47. The van der Waals surface area contributed by atoms with Crippen LogP contribution in [-0.2, 0) is 4.79 Å². The van der Waals surface area contributed by atoms with Gasteiger partial charge >= 0.3 is 0 Å². The highest BCUT2D eigenvalue weighted by Gasteiger charge is 2.22. The molecule has 1 aliphatic rings. The summed E-state index contributed by atoms with van der Waals surface area (Å²) in [5.41, 5.74) is 4.14. The quantitative estimate of drug-likeness (QED) is 0.520. The van der Waals surface area contributed by atoms with Gasteiger partial charge in [0.1, 0.15) is 0 Å². The molecule has 0 saturated carbocycles. The summed E-state index contributed by atoms with van der Waals surface area (Å²) in [4.78, 5) is 28.3. The average molecular weight is 454 g/mol. The molecule has 0 unspecified atom stereocenters. The molecule has 33 heavy (non-hydrogen) atoms. The maximum absolute atomic E-state index is 13.2. The monoisotopic (exact) mass is 453 g/mol. The van der Waals surface area contributed by atoms with Gasteiger partial charge in [0.2, 0.25) is 5.91 Å². The molecule has 0 atom stereocenters. The zero-order chi connectivity index (χ0) is 23.0. The number of anilines is 1. The largest absolute Gasteiger partial charge is 0.335 e. The number of thioether (sulfide) groups is 1. The summed E-state index contributed by atoms with van der Waals surface area (Å²) in [7, 11) is 0. The molecule has 4 rings (SSSR count). The molecule has 1 heterocycles. The van der Waals surface area contributed by atoms with Crippen LogP contribution in [0.4, 0.5) is 5.69 Å². The highest BCUT2D eigenvalue weighted by Crippen LogP contribution is 2.27. The normalized spacial score (nSPS) is 13.1. The van der Waals surface area contributed by atoms with Gasteiger partial charge in [0.05, 0.1) is 22.9 Å². The van der Waals surface area contributed by atoms with Gasteiger partial charge in [-0.15, -0.1) is 11.8 Å². The van der Waals surface area contributed by atoms with Crippen LogP contribution >= 0.6 is 11.8 Å². The first-order valence-corrected chi connectivity index (χ1v) is 11.7. The van der Waals surface area contributed by atoms with Crippen LogP contribution in [0.2, 0.25) is 0 Å². The summed E-state index contributed by atoms with van der Waals surface area (Å²) in [6, 6.07) is 26.5. The van der Waals surface area contributed by atoms with Crippen molar-refractivity contribution in [1.82, 2.24) is 4.90 Å². The van der Waals surface area contributed by atoms with Gasteiger partial charge in [-0.25, -0.2) is 0 Å². The Balaban J connectivity index is 1.39. The molecule has 1 N–H and O–H groups in total. The minimum Gasteiger partial charge on any atom is -0.335 e. The van der Waals surface area contributed by atoms with Crippen LogP contribution in [0.3, 0.4) is 0 Å². The van der Waals surface area contributed by atoms with Crippen LogP contribution in [0, 0.1) is 11.3 Å². The molecule has 6 heteroatoms. The van der Waals surface area contributed by atoms with E-state index in [0.29, 0.717) is 29.9 Å². The van der Waals surface area contributed by atoms with Crippen molar-refractivity contribution in [3.05, 3.63) is 102 Å². The Morgan fingerprint density at radius 3 is 2.55 bits per heavy atom. The van der Waals surface area contributed by atoms with E-state index >= 15 is 0 Å².